The third kappa shape index (κ3) is 16.6. The van der Waals surface area contributed by atoms with Gasteiger partial charge in [0.25, 0.3) is 11.8 Å². The van der Waals surface area contributed by atoms with Crippen LogP contribution in [0.3, 0.4) is 0 Å². The zero-order valence-corrected chi connectivity index (χ0v) is 42.8. The fourth-order valence-electron chi connectivity index (χ4n) is 8.77. The quantitative estimate of drug-likeness (QED) is 0.0703. The van der Waals surface area contributed by atoms with E-state index >= 15 is 0 Å². The third-order valence-electron chi connectivity index (χ3n) is 12.8. The van der Waals surface area contributed by atoms with Crippen molar-refractivity contribution >= 4 is 59.1 Å². The van der Waals surface area contributed by atoms with Crippen LogP contribution in [0.25, 0.3) is 0 Å². The van der Waals surface area contributed by atoms with Crippen molar-refractivity contribution in [1.82, 2.24) is 57.0 Å². The standard InChI is InChI=1S/C52H69N11O11/c1-7-17-36(43(66)48(70)55-27-39(64)59-42(50(72)62(5)6)34-22-15-10-16-23-34)57-45(67)35-29-63(40(65)28-56-51(73)74-31-32-18-11-8-12-19-32)30-38(35)58-49(71)44(52(2,3)4)61-47(69)41(33-20-13-9-14-21-33)60-46(68)37-26-53-24-25-54-37/h8,10-12,15-16,18-19,22-26,33,35-36,38,41-42,44H,7,9,13-14,17,20-21,27-31H2,1-6H3,(H,55,70)(H,56,73)(H,57,67)(H,58,71)(H,59,64)(H,60,68)(H,61,69)/t35-,36+,38+,41+,42+,44-/m1/s1. The first-order chi connectivity index (χ1) is 35.3. The summed E-state index contributed by atoms with van der Waals surface area (Å²) in [6.45, 7) is 5.09. The molecule has 1 aromatic heterocycles. The normalized spacial score (nSPS) is 17.2. The van der Waals surface area contributed by atoms with Gasteiger partial charge in [0.2, 0.25) is 41.2 Å². The number of aromatic nitrogens is 2. The molecule has 0 radical (unpaired) electrons. The van der Waals surface area contributed by atoms with E-state index in [1.165, 1.54) is 42.5 Å². The molecule has 2 aromatic carbocycles. The van der Waals surface area contributed by atoms with Crippen LogP contribution in [0.1, 0.15) is 100 Å². The zero-order chi connectivity index (χ0) is 54.0. The van der Waals surface area contributed by atoms with Crippen LogP contribution in [0.5, 0.6) is 0 Å². The molecule has 0 unspecified atom stereocenters. The number of hydrogen-bond donors (Lipinski definition) is 7. The molecule has 0 spiro atoms. The van der Waals surface area contributed by atoms with Gasteiger partial charge in [0.15, 0.2) is 0 Å². The number of ether oxygens (including phenoxy) is 1. The van der Waals surface area contributed by atoms with Gasteiger partial charge in [0.05, 0.1) is 30.7 Å². The monoisotopic (exact) mass is 1020 g/mol. The molecule has 22 heteroatoms. The van der Waals surface area contributed by atoms with Gasteiger partial charge in [-0.15, -0.1) is 0 Å². The largest absolute Gasteiger partial charge is 0.445 e. The van der Waals surface area contributed by atoms with Crippen molar-refractivity contribution in [2.24, 2.45) is 17.3 Å². The summed E-state index contributed by atoms with van der Waals surface area (Å²) < 4.78 is 5.25. The molecule has 2 aliphatic rings. The van der Waals surface area contributed by atoms with E-state index in [-0.39, 0.29) is 37.7 Å². The smallest absolute Gasteiger partial charge is 0.407 e. The number of hydrogen-bond acceptors (Lipinski definition) is 13. The topological polar surface area (TPSA) is 296 Å². The Balaban J connectivity index is 1.32. The van der Waals surface area contributed by atoms with Crippen molar-refractivity contribution in [2.75, 3.05) is 40.3 Å². The van der Waals surface area contributed by atoms with Crippen molar-refractivity contribution in [3.05, 3.63) is 96.1 Å². The number of alkyl carbamates (subject to hydrolysis) is 1. The highest BCUT2D eigenvalue weighted by Gasteiger charge is 2.45. The molecule has 1 aliphatic heterocycles. The van der Waals surface area contributed by atoms with Crippen LogP contribution in [0, 0.1) is 17.3 Å². The summed E-state index contributed by atoms with van der Waals surface area (Å²) in [5.41, 5.74) is 0.271. The molecule has 3 aromatic rings. The average molecular weight is 1020 g/mol. The molecule has 6 atom stereocenters. The molecule has 5 rings (SSSR count). The molecule has 1 saturated carbocycles. The van der Waals surface area contributed by atoms with Crippen LogP contribution in [0.15, 0.2) is 79.3 Å². The Morgan fingerprint density at radius 3 is 2.08 bits per heavy atom. The summed E-state index contributed by atoms with van der Waals surface area (Å²) in [7, 11) is 3.05. The molecule has 1 saturated heterocycles. The van der Waals surface area contributed by atoms with Gasteiger partial charge in [0, 0.05) is 39.6 Å². The minimum atomic E-state index is -1.40. The first-order valence-electron chi connectivity index (χ1n) is 24.8. The lowest BCUT2D eigenvalue weighted by atomic mass is 9.82. The van der Waals surface area contributed by atoms with Crippen molar-refractivity contribution in [2.45, 2.75) is 109 Å². The Hall–Kier alpha value is -7.78. The van der Waals surface area contributed by atoms with Crippen LogP contribution >= 0.6 is 0 Å². The van der Waals surface area contributed by atoms with Gasteiger partial charge in [0.1, 0.15) is 37.0 Å². The van der Waals surface area contributed by atoms with Crippen LogP contribution < -0.4 is 37.2 Å². The molecule has 1 aliphatic carbocycles. The molecule has 2 fully saturated rings. The lowest BCUT2D eigenvalue weighted by molar-refractivity contribution is -0.141. The van der Waals surface area contributed by atoms with Crippen LogP contribution in [-0.2, 0) is 49.7 Å². The summed E-state index contributed by atoms with van der Waals surface area (Å²) in [5, 5.41) is 18.5. The van der Waals surface area contributed by atoms with Crippen molar-refractivity contribution in [1.29, 1.82) is 0 Å². The minimum absolute atomic E-state index is 0.00725. The van der Waals surface area contributed by atoms with Crippen molar-refractivity contribution in [3.63, 3.8) is 0 Å². The summed E-state index contributed by atoms with van der Waals surface area (Å²) in [4.78, 5) is 147. The molecule has 74 heavy (non-hydrogen) atoms. The number of Topliss-reactive ketones (excluding diaryl/α,β-unsaturated/α-hetero) is 1. The fraction of sp³-hybridized carbons (Fsp3) is 0.500. The maximum Gasteiger partial charge on any atom is 0.407 e. The molecule has 22 nitrogen and oxygen atoms in total. The molecular weight excluding hydrogens is 955 g/mol. The van der Waals surface area contributed by atoms with Crippen molar-refractivity contribution < 1.29 is 52.7 Å². The van der Waals surface area contributed by atoms with Gasteiger partial charge >= 0.3 is 6.09 Å². The van der Waals surface area contributed by atoms with Gasteiger partial charge in [-0.2, -0.15) is 0 Å². The van der Waals surface area contributed by atoms with E-state index in [4.69, 9.17) is 4.74 Å². The number of likely N-dealkylation sites (tertiary alicyclic amines) is 1. The van der Waals surface area contributed by atoms with E-state index in [2.05, 4.69) is 47.2 Å². The Morgan fingerprint density at radius 2 is 1.46 bits per heavy atom. The highest BCUT2D eigenvalue weighted by molar-refractivity contribution is 6.38. The minimum Gasteiger partial charge on any atom is -0.445 e. The molecular formula is C52H69N11O11. The predicted molar refractivity (Wildman–Crippen MR) is 269 cm³/mol. The van der Waals surface area contributed by atoms with Gasteiger partial charge in [-0.1, -0.05) is 114 Å². The number of amides is 9. The molecule has 398 valence electrons. The lowest BCUT2D eigenvalue weighted by Gasteiger charge is -2.35. The van der Waals surface area contributed by atoms with Crippen LogP contribution in [0.2, 0.25) is 0 Å². The first kappa shape index (κ1) is 57.1. The van der Waals surface area contributed by atoms with Gasteiger partial charge in [-0.3, -0.25) is 48.1 Å². The number of benzene rings is 2. The lowest BCUT2D eigenvalue weighted by Crippen LogP contribution is -2.61. The van der Waals surface area contributed by atoms with E-state index in [1.807, 2.05) is 6.07 Å². The van der Waals surface area contributed by atoms with E-state index in [1.54, 1.807) is 82.3 Å². The van der Waals surface area contributed by atoms with Gasteiger partial charge in [-0.25, -0.2) is 9.78 Å². The Labute approximate surface area is 430 Å². The number of carbonyl (C=O) groups excluding carboxylic acids is 10. The zero-order valence-electron chi connectivity index (χ0n) is 42.8. The maximum absolute atomic E-state index is 14.5. The second-order valence-electron chi connectivity index (χ2n) is 19.7. The van der Waals surface area contributed by atoms with E-state index in [9.17, 15) is 47.9 Å². The molecule has 7 N–H and O–H groups in total. The number of carbonyl (C=O) groups is 10. The highest BCUT2D eigenvalue weighted by atomic mass is 16.5. The van der Waals surface area contributed by atoms with Crippen molar-refractivity contribution in [3.8, 4) is 0 Å². The Bertz CT molecular complexity index is 2450. The third-order valence-corrected chi connectivity index (χ3v) is 12.8. The number of rotatable bonds is 22. The summed E-state index contributed by atoms with van der Waals surface area (Å²) >= 11 is 0. The summed E-state index contributed by atoms with van der Waals surface area (Å²) in [5.74, 6) is -8.29. The van der Waals surface area contributed by atoms with E-state index in [0.717, 1.165) is 24.8 Å². The average Bonchev–Trinajstić information content (AvgIpc) is 3.82. The summed E-state index contributed by atoms with van der Waals surface area (Å²) in [6, 6.07) is 11.5. The molecule has 9 amide bonds. The predicted octanol–water partition coefficient (Wildman–Crippen LogP) is 1.47. The van der Waals surface area contributed by atoms with Gasteiger partial charge in [-0.05, 0) is 41.7 Å². The number of ketones is 1. The number of nitrogens with one attached hydrogen (secondary N) is 7. The second-order valence-corrected chi connectivity index (χ2v) is 19.7. The summed E-state index contributed by atoms with van der Waals surface area (Å²) in [6.07, 6.45) is 7.45. The maximum atomic E-state index is 14.5. The molecule has 2 heterocycles. The highest BCUT2D eigenvalue weighted by Crippen LogP contribution is 2.28. The first-order valence-corrected chi connectivity index (χ1v) is 24.8. The fourth-order valence-corrected chi connectivity index (χ4v) is 8.77. The SMILES string of the molecule is CCC[C@H](NC(=O)[C@@H]1CN(C(=O)CNC(=O)OCc2ccccc2)C[C@@H]1NC(=O)[C@@H](NC(=O)[C@@H](NC(=O)c1cnccn1)C1CCCCC1)C(C)(C)C)C(=O)C(=O)NCC(=O)N[C@H](C(=O)N(C)C)c1ccccc1. The van der Waals surface area contributed by atoms with E-state index in [0.29, 0.717) is 24.8 Å². The number of nitrogens with zero attached hydrogens (tertiary/aromatic N) is 4. The Kier molecular flexibility index (Phi) is 21.1. The van der Waals surface area contributed by atoms with Crippen LogP contribution in [0.4, 0.5) is 4.79 Å². The Morgan fingerprint density at radius 1 is 0.784 bits per heavy atom. The second kappa shape index (κ2) is 27.3. The molecule has 0 bridgehead atoms. The van der Waals surface area contributed by atoms with Crippen LogP contribution in [-0.4, -0.2) is 143 Å². The van der Waals surface area contributed by atoms with E-state index < -0.39 is 114 Å². The van der Waals surface area contributed by atoms with Gasteiger partial charge < -0.3 is 51.8 Å². The number of likely N-dealkylation sites (N-methyl/N-ethyl adjacent to an activating group) is 1.